The van der Waals surface area contributed by atoms with Crippen LogP contribution < -0.4 is 29.6 Å². The van der Waals surface area contributed by atoms with E-state index in [-0.39, 0.29) is 79.9 Å². The number of aliphatic carboxylic acids is 2. The van der Waals surface area contributed by atoms with E-state index in [1.807, 2.05) is 13.8 Å². The monoisotopic (exact) mass is 742 g/mol. The Bertz CT molecular complexity index is 825. The van der Waals surface area contributed by atoms with Gasteiger partial charge in [0.2, 0.25) is 0 Å². The van der Waals surface area contributed by atoms with Crippen molar-refractivity contribution in [1.82, 2.24) is 0 Å². The summed E-state index contributed by atoms with van der Waals surface area (Å²) in [6, 6.07) is 0. The fourth-order valence-corrected chi connectivity index (χ4v) is 3.62. The van der Waals surface area contributed by atoms with E-state index < -0.39 is 45.7 Å². The number of rotatable bonds is 19. The van der Waals surface area contributed by atoms with Crippen molar-refractivity contribution in [1.29, 1.82) is 0 Å². The SMILES string of the molecule is CCCC.CCCCC(CC)COC(=O)CC(C(=O)OCC(CC)CCCC)S(=O)(=O)O.O=C(O)/C=C\C(=O)O.[H-].[Na+].[SnH2]. The molecule has 244 valence electrons. The summed E-state index contributed by atoms with van der Waals surface area (Å²) >= 11 is 0. The van der Waals surface area contributed by atoms with E-state index in [0.29, 0.717) is 12.2 Å². The van der Waals surface area contributed by atoms with Crippen molar-refractivity contribution in [3.8, 4) is 0 Å². The molecule has 0 saturated heterocycles. The molecule has 0 heterocycles. The van der Waals surface area contributed by atoms with E-state index in [4.69, 9.17) is 19.7 Å². The molecule has 3 atom stereocenters. The summed E-state index contributed by atoms with van der Waals surface area (Å²) in [6.07, 6.45) is 10.5. The second-order valence-electron chi connectivity index (χ2n) is 9.36. The topological polar surface area (TPSA) is 182 Å². The summed E-state index contributed by atoms with van der Waals surface area (Å²) < 4.78 is 42.8. The van der Waals surface area contributed by atoms with Crippen molar-refractivity contribution in [2.24, 2.45) is 11.8 Å². The van der Waals surface area contributed by atoms with Gasteiger partial charge in [-0.2, -0.15) is 8.42 Å². The minimum absolute atomic E-state index is 0. The first kappa shape index (κ1) is 50.9. The predicted octanol–water partition coefficient (Wildman–Crippen LogP) is 1.87. The first-order valence-corrected chi connectivity index (χ1v) is 15.7. The summed E-state index contributed by atoms with van der Waals surface area (Å²) in [4.78, 5) is 43.3. The zero-order valence-electron chi connectivity index (χ0n) is 27.8. The molecule has 14 heteroatoms. The average Bonchev–Trinajstić information content (AvgIpc) is 2.90. The van der Waals surface area contributed by atoms with Crippen molar-refractivity contribution in [2.45, 2.75) is 117 Å². The molecule has 0 aromatic heterocycles. The third-order valence-electron chi connectivity index (χ3n) is 5.87. The van der Waals surface area contributed by atoms with Gasteiger partial charge in [0.1, 0.15) is 0 Å². The molecule has 42 heavy (non-hydrogen) atoms. The van der Waals surface area contributed by atoms with Crippen LogP contribution in [0.3, 0.4) is 0 Å². The van der Waals surface area contributed by atoms with Gasteiger partial charge in [-0.15, -0.1) is 0 Å². The predicted molar refractivity (Wildman–Crippen MR) is 163 cm³/mol. The summed E-state index contributed by atoms with van der Waals surface area (Å²) in [5.41, 5.74) is 0. The zero-order chi connectivity index (χ0) is 31.6. The molecule has 0 rings (SSSR count). The molecule has 0 aliphatic carbocycles. The second kappa shape index (κ2) is 33.2. The molecule has 0 aliphatic heterocycles. The van der Waals surface area contributed by atoms with Gasteiger partial charge in [-0.05, 0) is 24.7 Å². The number of unbranched alkanes of at least 4 members (excludes halogenated alkanes) is 3. The molecule has 0 aliphatic rings. The molecule has 3 unspecified atom stereocenters. The van der Waals surface area contributed by atoms with Crippen LogP contribution in [0.5, 0.6) is 0 Å². The van der Waals surface area contributed by atoms with Gasteiger partial charge in [0.25, 0.3) is 10.1 Å². The Labute approximate surface area is 293 Å². The number of hydrogen-bond donors (Lipinski definition) is 3. The molecule has 0 aromatic rings. The van der Waals surface area contributed by atoms with E-state index in [2.05, 4.69) is 27.7 Å². The van der Waals surface area contributed by atoms with Gasteiger partial charge in [0.05, 0.1) is 19.6 Å². The molecule has 0 saturated carbocycles. The molecule has 11 nitrogen and oxygen atoms in total. The molecule has 2 radical (unpaired) electrons. The van der Waals surface area contributed by atoms with Crippen LogP contribution in [0.25, 0.3) is 0 Å². The Kier molecular flexibility index (Phi) is 40.3. The van der Waals surface area contributed by atoms with E-state index in [9.17, 15) is 32.1 Å². The van der Waals surface area contributed by atoms with Crippen LogP contribution in [0, 0.1) is 11.8 Å². The molecular weight excluding hydrogens is 686 g/mol. The Morgan fingerprint density at radius 3 is 1.40 bits per heavy atom. The zero-order valence-corrected chi connectivity index (χ0v) is 33.7. The van der Waals surface area contributed by atoms with Crippen LogP contribution in [0.15, 0.2) is 12.2 Å². The van der Waals surface area contributed by atoms with Crippen molar-refractivity contribution >= 4 is 57.9 Å². The first-order valence-electron chi connectivity index (χ1n) is 14.2. The molecule has 0 bridgehead atoms. The fourth-order valence-electron chi connectivity index (χ4n) is 2.96. The molecule has 3 N–H and O–H groups in total. The average molecular weight is 742 g/mol. The van der Waals surface area contributed by atoms with Gasteiger partial charge < -0.3 is 21.1 Å². The first-order chi connectivity index (χ1) is 18.7. The van der Waals surface area contributed by atoms with Crippen molar-refractivity contribution in [3.05, 3.63) is 12.2 Å². The van der Waals surface area contributed by atoms with Crippen LogP contribution in [-0.4, -0.2) is 89.4 Å². The maximum absolute atomic E-state index is 12.2. The summed E-state index contributed by atoms with van der Waals surface area (Å²) in [7, 11) is -4.76. The summed E-state index contributed by atoms with van der Waals surface area (Å²) in [5.74, 6) is -4.12. The molecular formula is C28H55NaO11SSn. The van der Waals surface area contributed by atoms with Gasteiger partial charge >= 0.3 is 77.3 Å². The molecule has 0 amide bonds. The van der Waals surface area contributed by atoms with E-state index in [1.54, 1.807) is 0 Å². The van der Waals surface area contributed by atoms with E-state index in [0.717, 1.165) is 51.4 Å². The van der Waals surface area contributed by atoms with Crippen LogP contribution in [0.1, 0.15) is 114 Å². The van der Waals surface area contributed by atoms with Gasteiger partial charge in [-0.1, -0.05) is 92.9 Å². The van der Waals surface area contributed by atoms with Crippen LogP contribution in [0.4, 0.5) is 0 Å². The van der Waals surface area contributed by atoms with Crippen molar-refractivity contribution < 1.29 is 82.8 Å². The van der Waals surface area contributed by atoms with Gasteiger partial charge in [0.15, 0.2) is 5.25 Å². The Morgan fingerprint density at radius 2 is 1.12 bits per heavy atom. The number of hydrogen-bond acceptors (Lipinski definition) is 8. The van der Waals surface area contributed by atoms with Crippen molar-refractivity contribution in [3.63, 3.8) is 0 Å². The number of carbonyl (C=O) groups excluding carboxylic acids is 2. The van der Waals surface area contributed by atoms with Crippen molar-refractivity contribution in [2.75, 3.05) is 13.2 Å². The van der Waals surface area contributed by atoms with Crippen LogP contribution >= 0.6 is 0 Å². The van der Waals surface area contributed by atoms with Gasteiger partial charge in [0, 0.05) is 12.2 Å². The second-order valence-corrected chi connectivity index (χ2v) is 11.0. The van der Waals surface area contributed by atoms with Crippen LogP contribution in [0.2, 0.25) is 0 Å². The fraction of sp³-hybridized carbons (Fsp3) is 0.786. The standard InChI is InChI=1S/C20H38O7S.C4H4O4.C4H10.Na.Sn.3H/c1-5-9-11-16(7-3)14-26-19(21)13-18(28(23,24)25)20(22)27-15-17(8-4)12-10-6-2;5-3(6)1-2-4(7)8;1-3-4-2;;;;;/h16-18H,5-15H2,1-4H3,(H,23,24,25);1-2H,(H,5,6)(H,7,8);3-4H2,1-2H3;;;;;/q;;;+1;;;;-1/b;2-1-;;;;;;. The Balaban J connectivity index is -0.000000192. The molecule has 0 aromatic carbocycles. The number of ether oxygens (including phenoxy) is 2. The van der Waals surface area contributed by atoms with E-state index >= 15 is 0 Å². The number of esters is 2. The van der Waals surface area contributed by atoms with Gasteiger partial charge in [-0.3, -0.25) is 14.1 Å². The summed E-state index contributed by atoms with van der Waals surface area (Å²) in [5, 5.41) is 13.7. The normalized spacial score (nSPS) is 12.5. The third-order valence-corrected chi connectivity index (χ3v) is 6.95. The van der Waals surface area contributed by atoms with E-state index in [1.165, 1.54) is 12.8 Å². The van der Waals surface area contributed by atoms with Crippen LogP contribution in [-0.2, 0) is 38.8 Å². The number of carbonyl (C=O) groups is 4. The number of carboxylic acids is 2. The Hall–Kier alpha value is -0.671. The third kappa shape index (κ3) is 33.8. The number of carboxylic acid groups (broad SMARTS) is 2. The maximum atomic E-state index is 12.2. The minimum atomic E-state index is -4.76. The van der Waals surface area contributed by atoms with Gasteiger partial charge in [-0.25, -0.2) is 9.59 Å². The molecule has 0 fully saturated rings. The molecule has 0 spiro atoms. The Morgan fingerprint density at radius 1 is 0.738 bits per heavy atom. The quantitative estimate of drug-likeness (QED) is 0.0762. The summed E-state index contributed by atoms with van der Waals surface area (Å²) in [6.45, 7) is 12.7.